The molecule has 0 bridgehead atoms. The molecule has 0 aliphatic rings. The summed E-state index contributed by atoms with van der Waals surface area (Å²) in [5, 5.41) is 0. The van der Waals surface area contributed by atoms with Crippen LogP contribution in [0.15, 0.2) is 59.5 Å². The van der Waals surface area contributed by atoms with Crippen LogP contribution in [-0.4, -0.2) is 40.7 Å². The first-order valence-corrected chi connectivity index (χ1v) is 12.0. The van der Waals surface area contributed by atoms with Gasteiger partial charge in [0.05, 0.1) is 0 Å². The average molecular weight is 453 g/mol. The summed E-state index contributed by atoms with van der Waals surface area (Å²) >= 11 is -0.408. The van der Waals surface area contributed by atoms with E-state index in [-0.39, 0.29) is 10.6 Å². The molecule has 0 saturated heterocycles. The maximum absolute atomic E-state index is 13.0. The Hall–Kier alpha value is -1.62. The molecule has 0 aliphatic heterocycles. The molecule has 2 aromatic rings. The summed E-state index contributed by atoms with van der Waals surface area (Å²) < 4.78 is 31.5. The SMILES string of the molecule is Cc1ccc(S(=O)(=O)CC(C)([Se]c2ccccc2)C(=O)OC(C)(C)C)cc1. The molecule has 0 spiro atoms. The molecular formula is C21H26O4SSe. The zero-order chi connectivity index (χ0) is 20.3. The van der Waals surface area contributed by atoms with E-state index in [0.29, 0.717) is 0 Å². The number of carbonyl (C=O) groups is 1. The normalized spacial score (nSPS) is 14.4. The molecule has 0 N–H and O–H groups in total. The number of hydrogen-bond donors (Lipinski definition) is 0. The van der Waals surface area contributed by atoms with Crippen LogP contribution in [0.5, 0.6) is 0 Å². The van der Waals surface area contributed by atoms with Gasteiger partial charge in [-0.1, -0.05) is 0 Å². The molecule has 0 aromatic heterocycles. The van der Waals surface area contributed by atoms with Crippen molar-refractivity contribution < 1.29 is 17.9 Å². The number of sulfone groups is 1. The molecule has 0 fully saturated rings. The van der Waals surface area contributed by atoms with Gasteiger partial charge < -0.3 is 0 Å². The Labute approximate surface area is 168 Å². The van der Waals surface area contributed by atoms with Gasteiger partial charge in [-0.25, -0.2) is 0 Å². The molecule has 0 amide bonds. The van der Waals surface area contributed by atoms with Crippen molar-refractivity contribution >= 4 is 35.2 Å². The fourth-order valence-electron chi connectivity index (χ4n) is 2.46. The number of carbonyl (C=O) groups excluding carboxylic acids is 1. The van der Waals surface area contributed by atoms with Gasteiger partial charge >= 0.3 is 169 Å². The molecule has 1 atom stereocenters. The molecule has 146 valence electrons. The van der Waals surface area contributed by atoms with Crippen LogP contribution in [0.1, 0.15) is 33.3 Å². The van der Waals surface area contributed by atoms with Crippen LogP contribution >= 0.6 is 0 Å². The minimum atomic E-state index is -3.64. The number of esters is 1. The third-order valence-electron chi connectivity index (χ3n) is 3.76. The monoisotopic (exact) mass is 454 g/mol. The third kappa shape index (κ3) is 6.20. The Morgan fingerprint density at radius 1 is 0.963 bits per heavy atom. The van der Waals surface area contributed by atoms with Crippen molar-refractivity contribution in [2.75, 3.05) is 5.75 Å². The van der Waals surface area contributed by atoms with Crippen LogP contribution in [0.2, 0.25) is 4.31 Å². The van der Waals surface area contributed by atoms with E-state index in [1.165, 1.54) is 0 Å². The average Bonchev–Trinajstić information content (AvgIpc) is 2.54. The van der Waals surface area contributed by atoms with E-state index < -0.39 is 40.7 Å². The van der Waals surface area contributed by atoms with E-state index in [1.54, 1.807) is 52.0 Å². The number of benzene rings is 2. The number of aryl methyl sites for hydroxylation is 1. The fourth-order valence-corrected chi connectivity index (χ4v) is 7.39. The molecule has 1 unspecified atom stereocenters. The molecule has 0 saturated carbocycles. The van der Waals surface area contributed by atoms with E-state index in [9.17, 15) is 13.2 Å². The van der Waals surface area contributed by atoms with Gasteiger partial charge in [0.1, 0.15) is 0 Å². The number of hydrogen-bond acceptors (Lipinski definition) is 4. The van der Waals surface area contributed by atoms with E-state index in [4.69, 9.17) is 4.74 Å². The van der Waals surface area contributed by atoms with Crippen molar-refractivity contribution in [2.24, 2.45) is 0 Å². The molecule has 0 radical (unpaired) electrons. The van der Waals surface area contributed by atoms with E-state index >= 15 is 0 Å². The minimum absolute atomic E-state index is 0.228. The van der Waals surface area contributed by atoms with Crippen molar-refractivity contribution in [1.82, 2.24) is 0 Å². The van der Waals surface area contributed by atoms with Crippen molar-refractivity contribution in [3.8, 4) is 0 Å². The van der Waals surface area contributed by atoms with Crippen LogP contribution in [0.25, 0.3) is 0 Å². The van der Waals surface area contributed by atoms with Gasteiger partial charge in [0.15, 0.2) is 0 Å². The maximum atomic E-state index is 13.0. The Morgan fingerprint density at radius 2 is 1.52 bits per heavy atom. The Bertz CT molecular complexity index is 884. The summed E-state index contributed by atoms with van der Waals surface area (Å²) in [7, 11) is -3.64. The van der Waals surface area contributed by atoms with Gasteiger partial charge in [-0.15, -0.1) is 0 Å². The number of ether oxygens (including phenoxy) is 1. The first kappa shape index (κ1) is 21.7. The van der Waals surface area contributed by atoms with Gasteiger partial charge in [-0.2, -0.15) is 0 Å². The molecule has 6 heteroatoms. The van der Waals surface area contributed by atoms with Gasteiger partial charge in [0, 0.05) is 0 Å². The molecule has 4 nitrogen and oxygen atoms in total. The first-order chi connectivity index (χ1) is 12.4. The van der Waals surface area contributed by atoms with E-state index in [2.05, 4.69) is 0 Å². The predicted molar refractivity (Wildman–Crippen MR) is 109 cm³/mol. The molecule has 2 aromatic carbocycles. The molecule has 0 heterocycles. The van der Waals surface area contributed by atoms with Gasteiger partial charge in [0.2, 0.25) is 0 Å². The fraction of sp³-hybridized carbons (Fsp3) is 0.381. The van der Waals surface area contributed by atoms with Gasteiger partial charge in [-0.05, 0) is 0 Å². The van der Waals surface area contributed by atoms with Crippen LogP contribution in [0.4, 0.5) is 0 Å². The predicted octanol–water partition coefficient (Wildman–Crippen LogP) is 3.32. The quantitative estimate of drug-likeness (QED) is 0.498. The molecule has 0 aliphatic carbocycles. The summed E-state index contributed by atoms with van der Waals surface area (Å²) in [5.41, 5.74) is 0.302. The summed E-state index contributed by atoms with van der Waals surface area (Å²) in [4.78, 5) is 13.2. The van der Waals surface area contributed by atoms with E-state index in [1.807, 2.05) is 37.3 Å². The summed E-state index contributed by atoms with van der Waals surface area (Å²) in [6.45, 7) is 8.96. The Morgan fingerprint density at radius 3 is 2.04 bits per heavy atom. The first-order valence-electron chi connectivity index (χ1n) is 8.68. The van der Waals surface area contributed by atoms with Crippen LogP contribution in [0.3, 0.4) is 0 Å². The van der Waals surface area contributed by atoms with Crippen molar-refractivity contribution in [2.45, 2.75) is 49.4 Å². The summed E-state index contributed by atoms with van der Waals surface area (Å²) in [5.74, 6) is -0.762. The van der Waals surface area contributed by atoms with Crippen molar-refractivity contribution in [3.63, 3.8) is 0 Å². The zero-order valence-corrected chi connectivity index (χ0v) is 18.9. The topological polar surface area (TPSA) is 60.4 Å². The standard InChI is InChI=1S/C21H26O4SSe/c1-16-11-13-17(14-12-16)26(23,24)15-21(5,19(22)25-20(2,3)4)27-18-9-7-6-8-10-18/h6-14H,15H2,1-5H3. The van der Waals surface area contributed by atoms with Gasteiger partial charge in [-0.3, -0.25) is 0 Å². The van der Waals surface area contributed by atoms with Crippen molar-refractivity contribution in [3.05, 3.63) is 60.2 Å². The van der Waals surface area contributed by atoms with E-state index in [0.717, 1.165) is 10.0 Å². The number of rotatable bonds is 6. The molecule has 2 rings (SSSR count). The van der Waals surface area contributed by atoms with Crippen LogP contribution < -0.4 is 4.46 Å². The third-order valence-corrected chi connectivity index (χ3v) is 8.79. The second kappa shape index (κ2) is 8.17. The Kier molecular flexibility index (Phi) is 6.56. The zero-order valence-electron chi connectivity index (χ0n) is 16.4. The second-order valence-corrected chi connectivity index (χ2v) is 13.0. The van der Waals surface area contributed by atoms with Crippen molar-refractivity contribution in [1.29, 1.82) is 0 Å². The van der Waals surface area contributed by atoms with Crippen LogP contribution in [-0.2, 0) is 19.4 Å². The van der Waals surface area contributed by atoms with Crippen LogP contribution in [0, 0.1) is 6.92 Å². The summed E-state index contributed by atoms with van der Waals surface area (Å²) in [6.07, 6.45) is 0. The summed E-state index contributed by atoms with van der Waals surface area (Å²) in [6, 6.07) is 16.2. The second-order valence-electron chi connectivity index (χ2n) is 7.72. The molecular weight excluding hydrogens is 427 g/mol. The Balaban J connectivity index is 2.39. The molecule has 27 heavy (non-hydrogen) atoms. The van der Waals surface area contributed by atoms with Gasteiger partial charge in [0.25, 0.3) is 0 Å².